The van der Waals surface area contributed by atoms with Gasteiger partial charge in [-0.05, 0) is 48.5 Å². The second kappa shape index (κ2) is 9.03. The molecule has 0 saturated carbocycles. The van der Waals surface area contributed by atoms with E-state index in [1.54, 1.807) is 41.5 Å². The number of halogens is 3. The van der Waals surface area contributed by atoms with Crippen molar-refractivity contribution in [1.29, 1.82) is 0 Å². The van der Waals surface area contributed by atoms with Crippen LogP contribution in [-0.2, 0) is 13.2 Å². The van der Waals surface area contributed by atoms with E-state index in [9.17, 15) is 18.0 Å². The molecule has 178 valence electrons. The lowest BCUT2D eigenvalue weighted by Gasteiger charge is -2.08. The molecule has 10 heteroatoms. The lowest BCUT2D eigenvalue weighted by atomic mass is 10.1. The van der Waals surface area contributed by atoms with Gasteiger partial charge in [0, 0.05) is 36.3 Å². The number of carbonyl (C=O) groups excluding carboxylic acids is 1. The monoisotopic (exact) mass is 486 g/mol. The zero-order valence-corrected chi connectivity index (χ0v) is 18.8. The predicted octanol–water partition coefficient (Wildman–Crippen LogP) is 4.82. The quantitative estimate of drug-likeness (QED) is 0.371. The molecule has 7 nitrogen and oxygen atoms in total. The number of aryl methyl sites for hydroxylation is 1. The van der Waals surface area contributed by atoms with E-state index in [1.165, 1.54) is 0 Å². The van der Waals surface area contributed by atoms with Crippen LogP contribution in [0.3, 0.4) is 0 Å². The lowest BCUT2D eigenvalue weighted by Crippen LogP contribution is -2.15. The number of anilines is 1. The summed E-state index contributed by atoms with van der Waals surface area (Å²) in [6, 6.07) is 13.9. The van der Waals surface area contributed by atoms with Crippen LogP contribution >= 0.6 is 0 Å². The molecule has 1 N–H and O–H groups in total. The van der Waals surface area contributed by atoms with E-state index >= 15 is 0 Å². The van der Waals surface area contributed by atoms with Crippen LogP contribution < -0.4 is 5.32 Å². The van der Waals surface area contributed by atoms with E-state index in [0.29, 0.717) is 17.3 Å². The fourth-order valence-electron chi connectivity index (χ4n) is 3.57. The maximum Gasteiger partial charge on any atom is 0.416 e. The molecule has 0 bridgehead atoms. The molecule has 0 aliphatic rings. The number of nitrogens with zero attached hydrogens (tertiary/aromatic N) is 5. The van der Waals surface area contributed by atoms with Crippen molar-refractivity contribution >= 4 is 22.6 Å². The fraction of sp³-hybridized carbons (Fsp3) is 0.0769. The van der Waals surface area contributed by atoms with Crippen molar-refractivity contribution in [2.24, 2.45) is 7.05 Å². The van der Waals surface area contributed by atoms with E-state index in [0.717, 1.165) is 34.5 Å². The predicted molar refractivity (Wildman–Crippen MR) is 127 cm³/mol. The first-order valence-corrected chi connectivity index (χ1v) is 10.7. The molecule has 0 radical (unpaired) electrons. The number of fused-ring (bicyclic) bond motifs is 1. The highest BCUT2D eigenvalue weighted by molar-refractivity contribution is 6.03. The van der Waals surface area contributed by atoms with Crippen molar-refractivity contribution in [3.05, 3.63) is 102 Å². The molecule has 3 heterocycles. The number of hydrogen-bond acceptors (Lipinski definition) is 4. The average molecular weight is 486 g/mol. The number of amides is 1. The summed E-state index contributed by atoms with van der Waals surface area (Å²) in [6.45, 7) is 0. The van der Waals surface area contributed by atoms with Gasteiger partial charge in [0.1, 0.15) is 12.0 Å². The third-order valence-electron chi connectivity index (χ3n) is 5.31. The molecular formula is C26H17F3N6O. The normalized spacial score (nSPS) is 11.2. The van der Waals surface area contributed by atoms with Crippen LogP contribution in [0.1, 0.15) is 27.2 Å². The number of nitrogens with one attached hydrogen (secondary N) is 1. The molecule has 0 spiro atoms. The van der Waals surface area contributed by atoms with Crippen LogP contribution in [-0.4, -0.2) is 30.2 Å². The van der Waals surface area contributed by atoms with Gasteiger partial charge < -0.3 is 5.32 Å². The minimum Gasteiger partial charge on any atom is -0.321 e. The molecule has 0 unspecified atom stereocenters. The van der Waals surface area contributed by atoms with Crippen LogP contribution in [0.25, 0.3) is 16.7 Å². The second-order valence-corrected chi connectivity index (χ2v) is 7.90. The molecule has 0 fully saturated rings. The van der Waals surface area contributed by atoms with Crippen LogP contribution in [0.4, 0.5) is 18.9 Å². The van der Waals surface area contributed by atoms with Gasteiger partial charge in [0.05, 0.1) is 28.5 Å². The Balaban J connectivity index is 1.34. The minimum atomic E-state index is -4.56. The summed E-state index contributed by atoms with van der Waals surface area (Å²) < 4.78 is 42.4. The Labute approximate surface area is 203 Å². The molecule has 0 aliphatic carbocycles. The van der Waals surface area contributed by atoms with Crippen molar-refractivity contribution in [2.45, 2.75) is 6.18 Å². The zero-order valence-electron chi connectivity index (χ0n) is 18.8. The summed E-state index contributed by atoms with van der Waals surface area (Å²) in [5.41, 5.74) is 3.08. The topological polar surface area (TPSA) is 77.6 Å². The zero-order chi connectivity index (χ0) is 25.3. The van der Waals surface area contributed by atoms with Gasteiger partial charge in [-0.15, -0.1) is 0 Å². The molecule has 0 aliphatic heterocycles. The SMILES string of the molecule is Cn1cc(-n2cnc3cc(C#Cc4cccc(NC(=O)c5cc(C(F)(F)F)ccn5)c4)ccc32)cn1. The van der Waals surface area contributed by atoms with Crippen molar-refractivity contribution in [1.82, 2.24) is 24.3 Å². The van der Waals surface area contributed by atoms with Crippen LogP contribution in [0, 0.1) is 11.8 Å². The number of pyridine rings is 1. The first-order valence-electron chi connectivity index (χ1n) is 10.7. The van der Waals surface area contributed by atoms with Crippen molar-refractivity contribution < 1.29 is 18.0 Å². The summed E-state index contributed by atoms with van der Waals surface area (Å²) in [7, 11) is 1.85. The highest BCUT2D eigenvalue weighted by Crippen LogP contribution is 2.29. The average Bonchev–Trinajstić information content (AvgIpc) is 3.48. The Bertz CT molecular complexity index is 1660. The van der Waals surface area contributed by atoms with Gasteiger partial charge in [-0.3, -0.25) is 19.0 Å². The molecule has 0 saturated heterocycles. The van der Waals surface area contributed by atoms with Crippen molar-refractivity contribution in [3.63, 3.8) is 0 Å². The number of alkyl halides is 3. The van der Waals surface area contributed by atoms with Crippen LogP contribution in [0.2, 0.25) is 0 Å². The second-order valence-electron chi connectivity index (χ2n) is 7.90. The number of benzene rings is 2. The maximum atomic E-state index is 12.9. The first-order chi connectivity index (χ1) is 17.3. The highest BCUT2D eigenvalue weighted by Gasteiger charge is 2.31. The number of hydrogen-bond donors (Lipinski definition) is 1. The molecule has 1 amide bonds. The minimum absolute atomic E-state index is 0.333. The lowest BCUT2D eigenvalue weighted by molar-refractivity contribution is -0.137. The smallest absolute Gasteiger partial charge is 0.321 e. The molecule has 36 heavy (non-hydrogen) atoms. The highest BCUT2D eigenvalue weighted by atomic mass is 19.4. The van der Waals surface area contributed by atoms with E-state index in [2.05, 4.69) is 32.2 Å². The molecule has 5 rings (SSSR count). The van der Waals surface area contributed by atoms with E-state index in [4.69, 9.17) is 0 Å². The Kier molecular flexibility index (Phi) is 5.74. The van der Waals surface area contributed by atoms with Gasteiger partial charge in [0.2, 0.25) is 0 Å². The van der Waals surface area contributed by atoms with E-state index in [-0.39, 0.29) is 5.69 Å². The van der Waals surface area contributed by atoms with Gasteiger partial charge in [0.25, 0.3) is 5.91 Å². The van der Waals surface area contributed by atoms with Crippen molar-refractivity contribution in [2.75, 3.05) is 5.32 Å². The van der Waals surface area contributed by atoms with Gasteiger partial charge in [-0.1, -0.05) is 17.9 Å². The van der Waals surface area contributed by atoms with Crippen molar-refractivity contribution in [3.8, 4) is 17.5 Å². The third kappa shape index (κ3) is 4.81. The van der Waals surface area contributed by atoms with E-state index < -0.39 is 17.6 Å². The summed E-state index contributed by atoms with van der Waals surface area (Å²) in [5, 5.41) is 6.75. The number of aromatic nitrogens is 5. The standard InChI is InChI=1S/C26H17F3N6O/c1-34-15-21(14-32-34)35-16-31-22-12-18(7-8-24(22)35)6-5-17-3-2-4-20(11-17)33-25(36)23-13-19(9-10-30-23)26(27,28)29/h2-4,7-16H,1H3,(H,33,36). The van der Waals surface area contributed by atoms with Crippen LogP contribution in [0.5, 0.6) is 0 Å². The molecule has 3 aromatic heterocycles. The molecule has 2 aromatic carbocycles. The summed E-state index contributed by atoms with van der Waals surface area (Å²) >= 11 is 0. The third-order valence-corrected chi connectivity index (χ3v) is 5.31. The van der Waals surface area contributed by atoms with Gasteiger partial charge >= 0.3 is 6.18 Å². The van der Waals surface area contributed by atoms with Gasteiger partial charge in [-0.2, -0.15) is 18.3 Å². The maximum absolute atomic E-state index is 12.9. The Hall–Kier alpha value is -4.91. The summed E-state index contributed by atoms with van der Waals surface area (Å²) in [6.07, 6.45) is 1.77. The number of carbonyl (C=O) groups is 1. The first kappa shape index (κ1) is 22.9. The molecular weight excluding hydrogens is 469 g/mol. The summed E-state index contributed by atoms with van der Waals surface area (Å²) in [4.78, 5) is 20.6. The molecule has 0 atom stereocenters. The van der Waals surface area contributed by atoms with Crippen LogP contribution in [0.15, 0.2) is 79.5 Å². The summed E-state index contributed by atoms with van der Waals surface area (Å²) in [5.74, 6) is 5.36. The van der Waals surface area contributed by atoms with Gasteiger partial charge in [-0.25, -0.2) is 4.98 Å². The fourth-order valence-corrected chi connectivity index (χ4v) is 3.57. The Morgan fingerprint density at radius 1 is 1.00 bits per heavy atom. The van der Waals surface area contributed by atoms with Gasteiger partial charge in [0.15, 0.2) is 0 Å². The Morgan fingerprint density at radius 3 is 2.56 bits per heavy atom. The number of imidazole rings is 1. The molecule has 5 aromatic rings. The largest absolute Gasteiger partial charge is 0.416 e. The Morgan fingerprint density at radius 2 is 1.81 bits per heavy atom. The van der Waals surface area contributed by atoms with E-state index in [1.807, 2.05) is 36.0 Å². The number of rotatable bonds is 3.